The van der Waals surface area contributed by atoms with Crippen molar-refractivity contribution in [2.24, 2.45) is 0 Å². The Balaban J connectivity index is 2.82. The minimum absolute atomic E-state index is 0.0145. The fourth-order valence-electron chi connectivity index (χ4n) is 1.88. The number of halogens is 1. The molecule has 1 unspecified atom stereocenters. The van der Waals surface area contributed by atoms with Gasteiger partial charge >= 0.3 is 0 Å². The van der Waals surface area contributed by atoms with Gasteiger partial charge in [0.25, 0.3) is 0 Å². The molecular weight excluding hydrogens is 270 g/mol. The smallest absolute Gasteiger partial charge is 0.179 e. The third kappa shape index (κ3) is 4.59. The highest BCUT2D eigenvalue weighted by Crippen LogP contribution is 2.17. The first kappa shape index (κ1) is 15.5. The van der Waals surface area contributed by atoms with Crippen molar-refractivity contribution in [3.63, 3.8) is 0 Å². The molecule has 102 valence electrons. The van der Waals surface area contributed by atoms with Crippen LogP contribution in [0, 0.1) is 0 Å². The Morgan fingerprint density at radius 2 is 1.83 bits per heavy atom. The summed E-state index contributed by atoms with van der Waals surface area (Å²) < 4.78 is 24.4. The van der Waals surface area contributed by atoms with E-state index in [2.05, 4.69) is 12.2 Å². The zero-order valence-electron chi connectivity index (χ0n) is 10.8. The van der Waals surface area contributed by atoms with Gasteiger partial charge in [0.15, 0.2) is 9.84 Å². The van der Waals surface area contributed by atoms with Crippen LogP contribution in [0.4, 0.5) is 0 Å². The van der Waals surface area contributed by atoms with Crippen LogP contribution in [0.15, 0.2) is 29.2 Å². The standard InChI is InChI=1S/C13H20ClNO2S/c1-3-5-12(15-4-2)10-18(16,17)13-8-6-11(14)7-9-13/h6-9,12,15H,3-5,10H2,1-2H3. The molecule has 0 aliphatic carbocycles. The third-order valence-electron chi connectivity index (χ3n) is 2.72. The molecule has 0 radical (unpaired) electrons. The summed E-state index contributed by atoms with van der Waals surface area (Å²) in [6.07, 6.45) is 1.83. The van der Waals surface area contributed by atoms with Crippen LogP contribution in [0.1, 0.15) is 26.7 Å². The molecule has 1 atom stereocenters. The topological polar surface area (TPSA) is 46.2 Å². The maximum absolute atomic E-state index is 12.2. The van der Waals surface area contributed by atoms with Crippen molar-refractivity contribution < 1.29 is 8.42 Å². The third-order valence-corrected chi connectivity index (χ3v) is 4.81. The molecule has 1 N–H and O–H groups in total. The molecule has 1 aromatic rings. The molecule has 1 rings (SSSR count). The lowest BCUT2D eigenvalue weighted by Crippen LogP contribution is -2.35. The van der Waals surface area contributed by atoms with Gasteiger partial charge in [0.05, 0.1) is 10.6 Å². The summed E-state index contributed by atoms with van der Waals surface area (Å²) in [5, 5.41) is 3.76. The van der Waals surface area contributed by atoms with E-state index in [1.807, 2.05) is 6.92 Å². The first-order chi connectivity index (χ1) is 8.49. The number of rotatable bonds is 7. The number of hydrogen-bond acceptors (Lipinski definition) is 3. The van der Waals surface area contributed by atoms with Gasteiger partial charge in [0.1, 0.15) is 0 Å². The predicted octanol–water partition coefficient (Wildman–Crippen LogP) is 2.89. The van der Waals surface area contributed by atoms with E-state index in [-0.39, 0.29) is 11.8 Å². The highest BCUT2D eigenvalue weighted by Gasteiger charge is 2.20. The summed E-state index contributed by atoms with van der Waals surface area (Å²) in [7, 11) is -3.24. The lowest BCUT2D eigenvalue weighted by Gasteiger charge is -2.17. The SMILES string of the molecule is CCCC(CS(=O)(=O)c1ccc(Cl)cc1)NCC. The maximum Gasteiger partial charge on any atom is 0.179 e. The van der Waals surface area contributed by atoms with Crippen LogP contribution in [0.25, 0.3) is 0 Å². The highest BCUT2D eigenvalue weighted by molar-refractivity contribution is 7.91. The second-order valence-corrected chi connectivity index (χ2v) is 6.75. The maximum atomic E-state index is 12.2. The largest absolute Gasteiger partial charge is 0.313 e. The van der Waals surface area contributed by atoms with Crippen molar-refractivity contribution in [2.45, 2.75) is 37.6 Å². The zero-order chi connectivity index (χ0) is 13.6. The summed E-state index contributed by atoms with van der Waals surface area (Å²) in [6, 6.07) is 6.35. The van der Waals surface area contributed by atoms with Gasteiger partial charge in [-0.15, -0.1) is 0 Å². The molecule has 0 spiro atoms. The van der Waals surface area contributed by atoms with Crippen LogP contribution >= 0.6 is 11.6 Å². The first-order valence-electron chi connectivity index (χ1n) is 6.21. The van der Waals surface area contributed by atoms with Gasteiger partial charge in [-0.3, -0.25) is 0 Å². The van der Waals surface area contributed by atoms with Gasteiger partial charge in [-0.05, 0) is 37.2 Å². The molecule has 1 aromatic carbocycles. The number of nitrogens with one attached hydrogen (secondary N) is 1. The summed E-state index contributed by atoms with van der Waals surface area (Å²) in [6.45, 7) is 4.82. The van der Waals surface area contributed by atoms with Crippen LogP contribution in [0.5, 0.6) is 0 Å². The Bertz CT molecular complexity index is 450. The second kappa shape index (κ2) is 7.12. The van der Waals surface area contributed by atoms with Gasteiger partial charge < -0.3 is 5.32 Å². The van der Waals surface area contributed by atoms with E-state index < -0.39 is 9.84 Å². The van der Waals surface area contributed by atoms with Gasteiger partial charge in [-0.1, -0.05) is 31.9 Å². The average molecular weight is 290 g/mol. The molecule has 0 bridgehead atoms. The monoisotopic (exact) mass is 289 g/mol. The van der Waals surface area contributed by atoms with E-state index in [1.54, 1.807) is 24.3 Å². The summed E-state index contributed by atoms with van der Waals surface area (Å²) in [4.78, 5) is 0.339. The summed E-state index contributed by atoms with van der Waals surface area (Å²) in [5.41, 5.74) is 0. The van der Waals surface area contributed by atoms with Crippen molar-refractivity contribution in [1.29, 1.82) is 0 Å². The molecule has 5 heteroatoms. The number of hydrogen-bond donors (Lipinski definition) is 1. The Morgan fingerprint density at radius 3 is 2.33 bits per heavy atom. The molecule has 0 fully saturated rings. The van der Waals surface area contributed by atoms with Gasteiger partial charge in [-0.25, -0.2) is 8.42 Å². The van der Waals surface area contributed by atoms with Gasteiger partial charge in [0, 0.05) is 11.1 Å². The van der Waals surface area contributed by atoms with Crippen LogP contribution in [-0.2, 0) is 9.84 Å². The molecule has 18 heavy (non-hydrogen) atoms. The average Bonchev–Trinajstić information content (AvgIpc) is 2.29. The zero-order valence-corrected chi connectivity index (χ0v) is 12.4. The fraction of sp³-hybridized carbons (Fsp3) is 0.538. The predicted molar refractivity (Wildman–Crippen MR) is 75.9 cm³/mol. The molecule has 0 aromatic heterocycles. The van der Waals surface area contributed by atoms with Crippen molar-refractivity contribution in [3.8, 4) is 0 Å². The van der Waals surface area contributed by atoms with Crippen LogP contribution in [0.3, 0.4) is 0 Å². The number of sulfone groups is 1. The van der Waals surface area contributed by atoms with Crippen molar-refractivity contribution in [1.82, 2.24) is 5.32 Å². The lowest BCUT2D eigenvalue weighted by atomic mass is 10.2. The number of benzene rings is 1. The van der Waals surface area contributed by atoms with Crippen molar-refractivity contribution in [3.05, 3.63) is 29.3 Å². The summed E-state index contributed by atoms with van der Waals surface area (Å²) in [5.74, 6) is 0.135. The second-order valence-electron chi connectivity index (χ2n) is 4.28. The van der Waals surface area contributed by atoms with E-state index in [0.717, 1.165) is 19.4 Å². The van der Waals surface area contributed by atoms with E-state index in [9.17, 15) is 8.42 Å². The van der Waals surface area contributed by atoms with Crippen molar-refractivity contribution >= 4 is 21.4 Å². The highest BCUT2D eigenvalue weighted by atomic mass is 35.5. The molecule has 0 heterocycles. The summed E-state index contributed by atoms with van der Waals surface area (Å²) >= 11 is 5.76. The Kier molecular flexibility index (Phi) is 6.12. The van der Waals surface area contributed by atoms with E-state index in [1.165, 1.54) is 0 Å². The Hall–Kier alpha value is -0.580. The normalized spacial score (nSPS) is 13.5. The van der Waals surface area contributed by atoms with Crippen LogP contribution in [-0.4, -0.2) is 26.8 Å². The van der Waals surface area contributed by atoms with Gasteiger partial charge in [0.2, 0.25) is 0 Å². The fourth-order valence-corrected chi connectivity index (χ4v) is 3.57. The van der Waals surface area contributed by atoms with Crippen molar-refractivity contribution in [2.75, 3.05) is 12.3 Å². The Morgan fingerprint density at radius 1 is 1.22 bits per heavy atom. The molecule has 0 aliphatic heterocycles. The van der Waals surface area contributed by atoms with Gasteiger partial charge in [-0.2, -0.15) is 0 Å². The first-order valence-corrected chi connectivity index (χ1v) is 8.24. The van der Waals surface area contributed by atoms with Crippen LogP contribution < -0.4 is 5.32 Å². The molecule has 0 saturated carbocycles. The molecular formula is C13H20ClNO2S. The van der Waals surface area contributed by atoms with E-state index in [4.69, 9.17) is 11.6 Å². The van der Waals surface area contributed by atoms with Crippen LogP contribution in [0.2, 0.25) is 5.02 Å². The minimum Gasteiger partial charge on any atom is -0.313 e. The lowest BCUT2D eigenvalue weighted by molar-refractivity contribution is 0.513. The molecule has 0 amide bonds. The molecule has 3 nitrogen and oxygen atoms in total. The van der Waals surface area contributed by atoms with E-state index >= 15 is 0 Å². The Labute approximate surface area is 114 Å². The van der Waals surface area contributed by atoms with E-state index in [0.29, 0.717) is 9.92 Å². The molecule has 0 saturated heterocycles. The minimum atomic E-state index is -3.24. The quantitative estimate of drug-likeness (QED) is 0.839. The molecule has 0 aliphatic rings.